The summed E-state index contributed by atoms with van der Waals surface area (Å²) in [4.78, 5) is 13.5. The summed E-state index contributed by atoms with van der Waals surface area (Å²) >= 11 is 14.6. The van der Waals surface area contributed by atoms with Gasteiger partial charge in [0, 0.05) is 0 Å². The maximum absolute atomic E-state index is 10.7. The topological polar surface area (TPSA) is 98.7 Å². The molecule has 0 aliphatic heterocycles. The van der Waals surface area contributed by atoms with Crippen LogP contribution >= 0.6 is 39.1 Å². The monoisotopic (exact) mass is 508 g/mol. The minimum atomic E-state index is -1.18. The van der Waals surface area contributed by atoms with Crippen molar-refractivity contribution in [2.45, 2.75) is 13.1 Å². The van der Waals surface area contributed by atoms with E-state index in [2.05, 4.69) is 36.3 Å². The molecular formula is C19H15BrCl2N6O2. The Morgan fingerprint density at radius 2 is 1.27 bits per heavy atom. The number of hydrogen-bond donors (Lipinski definition) is 1. The molecule has 2 aromatic carbocycles. The third-order valence-corrected chi connectivity index (χ3v) is 5.00. The second kappa shape index (κ2) is 10.3. The number of rotatable bonds is 5. The second-order valence-electron chi connectivity index (χ2n) is 5.96. The first-order chi connectivity index (χ1) is 14.4. The van der Waals surface area contributed by atoms with Crippen LogP contribution in [0.2, 0.25) is 10.3 Å². The summed E-state index contributed by atoms with van der Waals surface area (Å²) in [7, 11) is 0. The Kier molecular flexibility index (Phi) is 7.56. The molecule has 0 unspecified atom stereocenters. The molecule has 30 heavy (non-hydrogen) atoms. The Hall–Kier alpha value is -2.75. The zero-order chi connectivity index (χ0) is 21.5. The van der Waals surface area contributed by atoms with E-state index in [9.17, 15) is 4.79 Å². The van der Waals surface area contributed by atoms with Gasteiger partial charge < -0.3 is 5.11 Å². The van der Waals surface area contributed by atoms with Gasteiger partial charge in [-0.2, -0.15) is 9.59 Å². The van der Waals surface area contributed by atoms with E-state index in [1.54, 1.807) is 4.80 Å². The van der Waals surface area contributed by atoms with E-state index < -0.39 is 5.97 Å². The van der Waals surface area contributed by atoms with E-state index in [1.165, 1.54) is 4.80 Å². The van der Waals surface area contributed by atoms with E-state index in [1.807, 2.05) is 60.7 Å². The minimum Gasteiger partial charge on any atom is -0.476 e. The molecule has 0 fully saturated rings. The van der Waals surface area contributed by atoms with Gasteiger partial charge >= 0.3 is 5.97 Å². The Labute approximate surface area is 190 Å². The lowest BCUT2D eigenvalue weighted by Gasteiger charge is -1.98. The van der Waals surface area contributed by atoms with Crippen LogP contribution in [0.3, 0.4) is 0 Å². The van der Waals surface area contributed by atoms with Crippen molar-refractivity contribution >= 4 is 45.1 Å². The van der Waals surface area contributed by atoms with Gasteiger partial charge in [-0.15, -0.1) is 20.4 Å². The van der Waals surface area contributed by atoms with Gasteiger partial charge in [0.25, 0.3) is 0 Å². The number of benzene rings is 2. The number of hydrogen-bond acceptors (Lipinski definition) is 5. The maximum atomic E-state index is 10.7. The summed E-state index contributed by atoms with van der Waals surface area (Å²) in [5.74, 6) is -1.18. The Bertz CT molecular complexity index is 1100. The first-order valence-electron chi connectivity index (χ1n) is 8.60. The molecule has 0 aliphatic carbocycles. The molecule has 0 aliphatic rings. The largest absolute Gasteiger partial charge is 0.476 e. The summed E-state index contributed by atoms with van der Waals surface area (Å²) in [6.45, 7) is 1.03. The van der Waals surface area contributed by atoms with Gasteiger partial charge in [-0.1, -0.05) is 83.9 Å². The number of carboxylic acids is 1. The van der Waals surface area contributed by atoms with Crippen molar-refractivity contribution < 1.29 is 9.90 Å². The summed E-state index contributed by atoms with van der Waals surface area (Å²) < 4.78 is 0.579. The fourth-order valence-corrected chi connectivity index (χ4v) is 2.99. The molecule has 0 atom stereocenters. The van der Waals surface area contributed by atoms with Crippen LogP contribution in [0.1, 0.15) is 21.6 Å². The lowest BCUT2D eigenvalue weighted by molar-refractivity contribution is 0.0689. The highest BCUT2D eigenvalue weighted by Gasteiger charge is 2.15. The molecular weight excluding hydrogens is 495 g/mol. The van der Waals surface area contributed by atoms with Gasteiger partial charge in [0.15, 0.2) is 14.9 Å². The summed E-state index contributed by atoms with van der Waals surface area (Å²) in [6.07, 6.45) is 0. The minimum absolute atomic E-state index is 0.0940. The number of halogens is 3. The Morgan fingerprint density at radius 3 is 1.67 bits per heavy atom. The first-order valence-corrected chi connectivity index (χ1v) is 10.1. The molecule has 0 amide bonds. The van der Waals surface area contributed by atoms with Crippen LogP contribution in [0, 0.1) is 0 Å². The molecule has 4 aromatic rings. The smallest absolute Gasteiger partial charge is 0.359 e. The first kappa shape index (κ1) is 21.9. The SMILES string of the molecule is Clc1nn(Cc2ccccc2)nc1Br.O=C(O)c1nn(Cc2ccccc2)nc1Cl. The van der Waals surface area contributed by atoms with Crippen molar-refractivity contribution in [1.82, 2.24) is 30.0 Å². The highest BCUT2D eigenvalue weighted by atomic mass is 79.9. The summed E-state index contributed by atoms with van der Waals surface area (Å²) in [5.41, 5.74) is 1.90. The fourth-order valence-electron chi connectivity index (χ4n) is 2.40. The molecule has 0 spiro atoms. The number of aromatic carboxylic acids is 1. The van der Waals surface area contributed by atoms with E-state index in [4.69, 9.17) is 28.3 Å². The molecule has 2 aromatic heterocycles. The molecule has 0 bridgehead atoms. The molecule has 2 heterocycles. The van der Waals surface area contributed by atoms with Crippen molar-refractivity contribution in [2.75, 3.05) is 0 Å². The third-order valence-electron chi connectivity index (χ3n) is 3.73. The second-order valence-corrected chi connectivity index (χ2v) is 7.43. The van der Waals surface area contributed by atoms with Crippen LogP contribution < -0.4 is 0 Å². The van der Waals surface area contributed by atoms with Crippen LogP contribution in [0.15, 0.2) is 65.3 Å². The zero-order valence-corrected chi connectivity index (χ0v) is 18.5. The van der Waals surface area contributed by atoms with Gasteiger partial charge in [-0.3, -0.25) is 0 Å². The van der Waals surface area contributed by atoms with Crippen molar-refractivity contribution in [3.63, 3.8) is 0 Å². The van der Waals surface area contributed by atoms with E-state index >= 15 is 0 Å². The Morgan fingerprint density at radius 1 is 0.800 bits per heavy atom. The van der Waals surface area contributed by atoms with Crippen molar-refractivity contribution in [1.29, 1.82) is 0 Å². The van der Waals surface area contributed by atoms with Gasteiger partial charge in [0.2, 0.25) is 5.69 Å². The predicted molar refractivity (Wildman–Crippen MR) is 116 cm³/mol. The molecule has 4 rings (SSSR count). The molecule has 0 saturated heterocycles. The lowest BCUT2D eigenvalue weighted by atomic mass is 10.2. The van der Waals surface area contributed by atoms with Gasteiger partial charge in [-0.05, 0) is 27.1 Å². The van der Waals surface area contributed by atoms with Crippen LogP contribution in [-0.4, -0.2) is 41.1 Å². The van der Waals surface area contributed by atoms with Crippen LogP contribution in [0.5, 0.6) is 0 Å². The molecule has 11 heteroatoms. The normalized spacial score (nSPS) is 10.4. The van der Waals surface area contributed by atoms with Crippen molar-refractivity contribution in [3.8, 4) is 0 Å². The van der Waals surface area contributed by atoms with E-state index in [0.717, 1.165) is 11.1 Å². The standard InChI is InChI=1S/C10H8ClN3O2.C9H7BrClN3/c11-9-8(10(15)16)12-14(13-9)6-7-4-2-1-3-5-7;10-8-9(11)13-14(12-8)6-7-4-2-1-3-5-7/h1-5H,6H2,(H,15,16);1-5H,6H2. The quantitative estimate of drug-likeness (QED) is 0.427. The molecule has 0 radical (unpaired) electrons. The molecule has 154 valence electrons. The zero-order valence-electron chi connectivity index (χ0n) is 15.4. The average molecular weight is 510 g/mol. The van der Waals surface area contributed by atoms with Crippen molar-refractivity contribution in [3.05, 3.63) is 92.4 Å². The number of nitrogens with zero attached hydrogens (tertiary/aromatic N) is 6. The fraction of sp³-hybridized carbons (Fsp3) is 0.105. The van der Waals surface area contributed by atoms with Gasteiger partial charge in [0.05, 0.1) is 13.1 Å². The third kappa shape index (κ3) is 6.12. The van der Waals surface area contributed by atoms with Gasteiger partial charge in [0.1, 0.15) is 0 Å². The lowest BCUT2D eigenvalue weighted by Crippen LogP contribution is -2.05. The Balaban J connectivity index is 0.000000172. The van der Waals surface area contributed by atoms with Crippen molar-refractivity contribution in [2.24, 2.45) is 0 Å². The molecule has 8 nitrogen and oxygen atoms in total. The summed E-state index contributed by atoms with van der Waals surface area (Å²) in [5, 5.41) is 24.8. The number of carbonyl (C=O) groups is 1. The summed E-state index contributed by atoms with van der Waals surface area (Å²) in [6, 6.07) is 19.5. The molecule has 0 saturated carbocycles. The van der Waals surface area contributed by atoms with Gasteiger partial charge in [-0.25, -0.2) is 4.79 Å². The van der Waals surface area contributed by atoms with E-state index in [-0.39, 0.29) is 10.8 Å². The van der Waals surface area contributed by atoms with E-state index in [0.29, 0.717) is 22.8 Å². The average Bonchev–Trinajstić information content (AvgIpc) is 3.25. The highest BCUT2D eigenvalue weighted by molar-refractivity contribution is 9.10. The molecule has 1 N–H and O–H groups in total. The number of aromatic nitrogens is 6. The highest BCUT2D eigenvalue weighted by Crippen LogP contribution is 2.16. The van der Waals surface area contributed by atoms with Crippen LogP contribution in [-0.2, 0) is 13.1 Å². The van der Waals surface area contributed by atoms with Crippen LogP contribution in [0.4, 0.5) is 0 Å². The van der Waals surface area contributed by atoms with Crippen LogP contribution in [0.25, 0.3) is 0 Å². The maximum Gasteiger partial charge on any atom is 0.359 e. The number of carboxylic acid groups (broad SMARTS) is 1. The predicted octanol–water partition coefficient (Wildman–Crippen LogP) is 4.42.